The molecule has 1 atom stereocenters. The number of rotatable bonds is 4. The SMILES string of the molecule is CCC1CCCCN1C(=O)c1cnc(Nc2cc(Cl)ccc2C)cn1. The summed E-state index contributed by atoms with van der Waals surface area (Å²) in [6.07, 6.45) is 7.44. The largest absolute Gasteiger partial charge is 0.339 e. The molecule has 1 N–H and O–H groups in total. The molecule has 6 heteroatoms. The highest BCUT2D eigenvalue weighted by molar-refractivity contribution is 6.30. The summed E-state index contributed by atoms with van der Waals surface area (Å²) in [6, 6.07) is 5.95. The Balaban J connectivity index is 1.73. The third kappa shape index (κ3) is 4.10. The third-order valence-electron chi connectivity index (χ3n) is 4.69. The van der Waals surface area contributed by atoms with E-state index in [1.807, 2.05) is 30.0 Å². The molecule has 1 amide bonds. The Bertz CT molecular complexity index is 748. The Kier molecular flexibility index (Phi) is 5.53. The molecule has 1 aliphatic rings. The molecule has 1 unspecified atom stereocenters. The molecule has 1 fully saturated rings. The van der Waals surface area contributed by atoms with Crippen molar-refractivity contribution in [1.29, 1.82) is 0 Å². The Labute approximate surface area is 153 Å². The number of carbonyl (C=O) groups excluding carboxylic acids is 1. The molecule has 0 radical (unpaired) electrons. The number of aryl methyl sites for hydroxylation is 1. The molecular weight excluding hydrogens is 336 g/mol. The van der Waals surface area contributed by atoms with E-state index in [0.29, 0.717) is 22.6 Å². The fraction of sp³-hybridized carbons (Fsp3) is 0.421. The minimum Gasteiger partial charge on any atom is -0.339 e. The van der Waals surface area contributed by atoms with Crippen LogP contribution in [0.2, 0.25) is 5.02 Å². The molecule has 2 heterocycles. The third-order valence-corrected chi connectivity index (χ3v) is 4.93. The number of halogens is 1. The second-order valence-electron chi connectivity index (χ2n) is 6.43. The van der Waals surface area contributed by atoms with E-state index in [2.05, 4.69) is 22.2 Å². The van der Waals surface area contributed by atoms with E-state index in [9.17, 15) is 4.79 Å². The highest BCUT2D eigenvalue weighted by Gasteiger charge is 2.27. The summed E-state index contributed by atoms with van der Waals surface area (Å²) < 4.78 is 0. The quantitative estimate of drug-likeness (QED) is 0.868. The monoisotopic (exact) mass is 358 g/mol. The van der Waals surface area contributed by atoms with Gasteiger partial charge >= 0.3 is 0 Å². The molecular formula is C19H23ClN4O. The summed E-state index contributed by atoms with van der Waals surface area (Å²) in [5, 5.41) is 3.85. The first-order chi connectivity index (χ1) is 12.1. The van der Waals surface area contributed by atoms with Gasteiger partial charge in [0.15, 0.2) is 0 Å². The normalized spacial score (nSPS) is 17.4. The molecule has 0 saturated carbocycles. The van der Waals surface area contributed by atoms with E-state index in [1.165, 1.54) is 6.42 Å². The van der Waals surface area contributed by atoms with Gasteiger partial charge in [-0.3, -0.25) is 4.79 Å². The minimum absolute atomic E-state index is 0.0236. The van der Waals surface area contributed by atoms with Crippen molar-refractivity contribution in [3.8, 4) is 0 Å². The zero-order chi connectivity index (χ0) is 17.8. The van der Waals surface area contributed by atoms with Crippen LogP contribution in [0.1, 0.15) is 48.7 Å². The lowest BCUT2D eigenvalue weighted by Gasteiger charge is -2.34. The summed E-state index contributed by atoms with van der Waals surface area (Å²) in [5.74, 6) is 0.567. The van der Waals surface area contributed by atoms with Crippen LogP contribution in [0.5, 0.6) is 0 Å². The lowest BCUT2D eigenvalue weighted by Crippen LogP contribution is -2.43. The second kappa shape index (κ2) is 7.83. The number of anilines is 2. The van der Waals surface area contributed by atoms with Crippen LogP contribution in [0.3, 0.4) is 0 Å². The first-order valence-electron chi connectivity index (χ1n) is 8.74. The molecule has 1 aromatic heterocycles. The zero-order valence-corrected chi connectivity index (χ0v) is 15.4. The standard InChI is InChI=1S/C19H23ClN4O/c1-3-15-6-4-5-9-24(15)19(25)17-11-22-18(12-21-17)23-16-10-14(20)8-7-13(16)2/h7-8,10-12,15H,3-6,9H2,1-2H3,(H,22,23). The number of hydrogen-bond donors (Lipinski definition) is 1. The predicted molar refractivity (Wildman–Crippen MR) is 100 cm³/mol. The number of aromatic nitrogens is 2. The fourth-order valence-corrected chi connectivity index (χ4v) is 3.38. The fourth-order valence-electron chi connectivity index (χ4n) is 3.21. The van der Waals surface area contributed by atoms with Crippen LogP contribution >= 0.6 is 11.6 Å². The zero-order valence-electron chi connectivity index (χ0n) is 14.6. The van der Waals surface area contributed by atoms with Crippen molar-refractivity contribution in [3.05, 3.63) is 46.9 Å². The number of likely N-dealkylation sites (tertiary alicyclic amines) is 1. The van der Waals surface area contributed by atoms with Gasteiger partial charge in [0, 0.05) is 23.3 Å². The lowest BCUT2D eigenvalue weighted by molar-refractivity contribution is 0.0601. The molecule has 1 aliphatic heterocycles. The van der Waals surface area contributed by atoms with E-state index in [4.69, 9.17) is 11.6 Å². The van der Waals surface area contributed by atoms with Crippen molar-refractivity contribution in [1.82, 2.24) is 14.9 Å². The lowest BCUT2D eigenvalue weighted by atomic mass is 10.00. The van der Waals surface area contributed by atoms with E-state index >= 15 is 0 Å². The molecule has 5 nitrogen and oxygen atoms in total. The number of amides is 1. The van der Waals surface area contributed by atoms with E-state index in [-0.39, 0.29) is 5.91 Å². The highest BCUT2D eigenvalue weighted by atomic mass is 35.5. The topological polar surface area (TPSA) is 58.1 Å². The molecule has 3 rings (SSSR count). The van der Waals surface area contributed by atoms with Gasteiger partial charge in [-0.2, -0.15) is 0 Å². The summed E-state index contributed by atoms with van der Waals surface area (Å²) in [4.78, 5) is 23.3. The summed E-state index contributed by atoms with van der Waals surface area (Å²) in [5.41, 5.74) is 2.34. The number of piperidine rings is 1. The summed E-state index contributed by atoms with van der Waals surface area (Å²) in [6.45, 7) is 4.92. The van der Waals surface area contributed by atoms with Gasteiger partial charge in [0.05, 0.1) is 12.4 Å². The number of carbonyl (C=O) groups is 1. The van der Waals surface area contributed by atoms with Crippen molar-refractivity contribution in [2.75, 3.05) is 11.9 Å². The van der Waals surface area contributed by atoms with Crippen LogP contribution in [0.15, 0.2) is 30.6 Å². The number of hydrogen-bond acceptors (Lipinski definition) is 4. The Morgan fingerprint density at radius 1 is 1.32 bits per heavy atom. The number of nitrogens with one attached hydrogen (secondary N) is 1. The molecule has 132 valence electrons. The molecule has 1 saturated heterocycles. The van der Waals surface area contributed by atoms with Crippen LogP contribution in [0.4, 0.5) is 11.5 Å². The first-order valence-corrected chi connectivity index (χ1v) is 9.12. The van der Waals surface area contributed by atoms with E-state index < -0.39 is 0 Å². The first kappa shape index (κ1) is 17.7. The van der Waals surface area contributed by atoms with Gasteiger partial charge in [0.25, 0.3) is 5.91 Å². The Morgan fingerprint density at radius 3 is 2.88 bits per heavy atom. The Hall–Kier alpha value is -2.14. The average molecular weight is 359 g/mol. The highest BCUT2D eigenvalue weighted by Crippen LogP contribution is 2.24. The Morgan fingerprint density at radius 2 is 2.16 bits per heavy atom. The van der Waals surface area contributed by atoms with Crippen molar-refractivity contribution in [2.45, 2.75) is 45.6 Å². The van der Waals surface area contributed by atoms with Gasteiger partial charge in [0.1, 0.15) is 11.5 Å². The molecule has 2 aromatic rings. The predicted octanol–water partition coefficient (Wildman–Crippen LogP) is 4.59. The van der Waals surface area contributed by atoms with E-state index in [1.54, 1.807) is 12.4 Å². The number of nitrogens with zero attached hydrogens (tertiary/aromatic N) is 3. The van der Waals surface area contributed by atoms with Crippen molar-refractivity contribution in [2.24, 2.45) is 0 Å². The van der Waals surface area contributed by atoms with Gasteiger partial charge in [-0.25, -0.2) is 9.97 Å². The second-order valence-corrected chi connectivity index (χ2v) is 6.86. The van der Waals surface area contributed by atoms with Crippen LogP contribution in [-0.2, 0) is 0 Å². The molecule has 25 heavy (non-hydrogen) atoms. The van der Waals surface area contributed by atoms with Gasteiger partial charge in [-0.15, -0.1) is 0 Å². The van der Waals surface area contributed by atoms with Gasteiger partial charge in [0.2, 0.25) is 0 Å². The van der Waals surface area contributed by atoms with Crippen LogP contribution < -0.4 is 5.32 Å². The van der Waals surface area contributed by atoms with Gasteiger partial charge < -0.3 is 10.2 Å². The van der Waals surface area contributed by atoms with Crippen molar-refractivity contribution >= 4 is 29.0 Å². The van der Waals surface area contributed by atoms with Gasteiger partial charge in [-0.05, 0) is 50.3 Å². The summed E-state index contributed by atoms with van der Waals surface area (Å²) in [7, 11) is 0. The van der Waals surface area contributed by atoms with Crippen LogP contribution in [-0.4, -0.2) is 33.4 Å². The summed E-state index contributed by atoms with van der Waals surface area (Å²) >= 11 is 6.04. The van der Waals surface area contributed by atoms with Crippen LogP contribution in [0, 0.1) is 6.92 Å². The average Bonchev–Trinajstić information content (AvgIpc) is 2.64. The van der Waals surface area contributed by atoms with Gasteiger partial charge in [-0.1, -0.05) is 24.6 Å². The maximum absolute atomic E-state index is 12.7. The number of benzene rings is 1. The minimum atomic E-state index is -0.0236. The molecule has 0 bridgehead atoms. The van der Waals surface area contributed by atoms with Crippen molar-refractivity contribution < 1.29 is 4.79 Å². The molecule has 1 aromatic carbocycles. The molecule has 0 aliphatic carbocycles. The van der Waals surface area contributed by atoms with E-state index in [0.717, 1.165) is 37.1 Å². The maximum atomic E-state index is 12.7. The maximum Gasteiger partial charge on any atom is 0.274 e. The molecule has 0 spiro atoms. The van der Waals surface area contributed by atoms with Crippen LogP contribution in [0.25, 0.3) is 0 Å². The smallest absolute Gasteiger partial charge is 0.274 e. The van der Waals surface area contributed by atoms with Crippen molar-refractivity contribution in [3.63, 3.8) is 0 Å².